The maximum Gasteiger partial charge on any atom is 0.119 e. The number of nitrogens with two attached hydrogens (primary N) is 1. The summed E-state index contributed by atoms with van der Waals surface area (Å²) in [5, 5.41) is 3.11. The third kappa shape index (κ3) is 4.05. The Hall–Kier alpha value is -1.39. The summed E-state index contributed by atoms with van der Waals surface area (Å²) in [6, 6.07) is 6.26. The van der Waals surface area contributed by atoms with Crippen molar-refractivity contribution in [2.24, 2.45) is 5.73 Å². The largest absolute Gasteiger partial charge is 0.493 e. The Bertz CT molecular complexity index is 564. The summed E-state index contributed by atoms with van der Waals surface area (Å²) < 4.78 is 5.80. The quantitative estimate of drug-likeness (QED) is 0.915. The summed E-state index contributed by atoms with van der Waals surface area (Å²) in [4.78, 5) is 4.56. The zero-order chi connectivity index (χ0) is 14.8. The maximum absolute atomic E-state index is 6.04. The maximum atomic E-state index is 6.04. The highest BCUT2D eigenvalue weighted by molar-refractivity contribution is 7.09. The molecule has 0 radical (unpaired) electrons. The fraction of sp³-hybridized carbons (Fsp3) is 0.438. The molecule has 1 aromatic heterocycles. The summed E-state index contributed by atoms with van der Waals surface area (Å²) in [6.07, 6.45) is 0.813. The van der Waals surface area contributed by atoms with Crippen LogP contribution in [-0.2, 0) is 12.0 Å². The first kappa shape index (κ1) is 15.0. The Kier molecular flexibility index (Phi) is 4.45. The Morgan fingerprint density at radius 3 is 2.40 bits per heavy atom. The van der Waals surface area contributed by atoms with Crippen LogP contribution >= 0.6 is 11.3 Å². The van der Waals surface area contributed by atoms with Crippen molar-refractivity contribution in [3.63, 3.8) is 0 Å². The van der Waals surface area contributed by atoms with Crippen molar-refractivity contribution in [3.8, 4) is 5.75 Å². The summed E-state index contributed by atoms with van der Waals surface area (Å²) in [7, 11) is 0. The third-order valence-corrected chi connectivity index (χ3v) is 3.90. The number of aryl methyl sites for hydroxylation is 2. The van der Waals surface area contributed by atoms with E-state index in [1.807, 2.05) is 19.2 Å². The van der Waals surface area contributed by atoms with E-state index in [-0.39, 0.29) is 5.54 Å². The van der Waals surface area contributed by atoms with Crippen LogP contribution in [0.3, 0.4) is 0 Å². The van der Waals surface area contributed by atoms with Gasteiger partial charge in [-0.15, -0.1) is 11.3 Å². The van der Waals surface area contributed by atoms with Crippen LogP contribution < -0.4 is 10.5 Å². The molecule has 0 fully saturated rings. The Morgan fingerprint density at radius 2 is 1.85 bits per heavy atom. The molecule has 0 amide bonds. The number of thiazole rings is 1. The molecule has 0 spiro atoms. The Labute approximate surface area is 124 Å². The third-order valence-electron chi connectivity index (χ3n) is 2.99. The van der Waals surface area contributed by atoms with Crippen molar-refractivity contribution in [3.05, 3.63) is 45.4 Å². The van der Waals surface area contributed by atoms with E-state index in [1.165, 1.54) is 11.1 Å². The predicted octanol–water partition coefficient (Wildman–Crippen LogP) is 3.58. The Morgan fingerprint density at radius 1 is 1.20 bits per heavy atom. The van der Waals surface area contributed by atoms with Crippen LogP contribution in [0.1, 0.15) is 35.7 Å². The number of aromatic nitrogens is 1. The van der Waals surface area contributed by atoms with E-state index < -0.39 is 0 Å². The lowest BCUT2D eigenvalue weighted by molar-refractivity contribution is 0.321. The number of benzene rings is 1. The van der Waals surface area contributed by atoms with Gasteiger partial charge in [0.05, 0.1) is 22.8 Å². The summed E-state index contributed by atoms with van der Waals surface area (Å²) in [6.45, 7) is 8.74. The second-order valence-corrected chi connectivity index (χ2v) is 6.71. The normalized spacial score (nSPS) is 11.7. The zero-order valence-corrected chi connectivity index (χ0v) is 13.4. The van der Waals surface area contributed by atoms with Gasteiger partial charge in [-0.2, -0.15) is 0 Å². The molecule has 0 bridgehead atoms. The summed E-state index contributed by atoms with van der Waals surface area (Å²) in [5.41, 5.74) is 9.06. The van der Waals surface area contributed by atoms with Crippen molar-refractivity contribution in [2.45, 2.75) is 39.7 Å². The fourth-order valence-electron chi connectivity index (χ4n) is 1.99. The van der Waals surface area contributed by atoms with Gasteiger partial charge in [0, 0.05) is 11.8 Å². The van der Waals surface area contributed by atoms with Gasteiger partial charge in [0.1, 0.15) is 5.75 Å². The molecule has 2 rings (SSSR count). The minimum Gasteiger partial charge on any atom is -0.493 e. The van der Waals surface area contributed by atoms with Gasteiger partial charge in [0.25, 0.3) is 0 Å². The molecule has 0 saturated carbocycles. The highest BCUT2D eigenvalue weighted by atomic mass is 32.1. The first-order valence-electron chi connectivity index (χ1n) is 6.79. The van der Waals surface area contributed by atoms with Crippen LogP contribution in [0.15, 0.2) is 23.6 Å². The molecular formula is C16H22N2OS. The first-order chi connectivity index (χ1) is 9.34. The minimum absolute atomic E-state index is 0.372. The molecule has 0 aliphatic carbocycles. The van der Waals surface area contributed by atoms with Crippen LogP contribution in [-0.4, -0.2) is 11.6 Å². The van der Waals surface area contributed by atoms with E-state index in [0.29, 0.717) is 6.61 Å². The lowest BCUT2D eigenvalue weighted by Gasteiger charge is -2.14. The molecule has 4 heteroatoms. The van der Waals surface area contributed by atoms with Gasteiger partial charge in [-0.05, 0) is 51.0 Å². The first-order valence-corrected chi connectivity index (χ1v) is 7.67. The molecule has 0 unspecified atom stereocenters. The molecule has 20 heavy (non-hydrogen) atoms. The van der Waals surface area contributed by atoms with Crippen molar-refractivity contribution in [1.82, 2.24) is 4.98 Å². The summed E-state index contributed by atoms with van der Waals surface area (Å²) >= 11 is 1.65. The monoisotopic (exact) mass is 290 g/mol. The van der Waals surface area contributed by atoms with Gasteiger partial charge >= 0.3 is 0 Å². The fourth-order valence-corrected chi connectivity index (χ4v) is 2.95. The SMILES string of the molecule is Cc1cc(C)cc(OCCc2nc(C(C)(C)N)cs2)c1. The van der Waals surface area contributed by atoms with Crippen LogP contribution in [0.25, 0.3) is 0 Å². The van der Waals surface area contributed by atoms with Gasteiger partial charge < -0.3 is 10.5 Å². The zero-order valence-electron chi connectivity index (χ0n) is 12.6. The van der Waals surface area contributed by atoms with Gasteiger partial charge in [0.15, 0.2) is 0 Å². The van der Waals surface area contributed by atoms with Crippen LogP contribution in [0, 0.1) is 13.8 Å². The molecular weight excluding hydrogens is 268 g/mol. The van der Waals surface area contributed by atoms with E-state index in [4.69, 9.17) is 10.5 Å². The van der Waals surface area contributed by atoms with Gasteiger partial charge in [-0.3, -0.25) is 0 Å². The molecule has 0 atom stereocenters. The standard InChI is InChI=1S/C16H22N2OS/c1-11-7-12(2)9-13(8-11)19-6-5-15-18-14(10-20-15)16(3,4)17/h7-10H,5-6,17H2,1-4H3. The van der Waals surface area contributed by atoms with Crippen LogP contribution in [0.4, 0.5) is 0 Å². The lowest BCUT2D eigenvalue weighted by Crippen LogP contribution is -2.29. The van der Waals surface area contributed by atoms with E-state index in [2.05, 4.69) is 37.0 Å². The summed E-state index contributed by atoms with van der Waals surface area (Å²) in [5.74, 6) is 0.929. The molecule has 108 valence electrons. The van der Waals surface area contributed by atoms with Crippen molar-refractivity contribution >= 4 is 11.3 Å². The molecule has 0 aliphatic heterocycles. The Balaban J connectivity index is 1.91. The molecule has 2 N–H and O–H groups in total. The van der Waals surface area contributed by atoms with Gasteiger partial charge in [-0.25, -0.2) is 4.98 Å². The van der Waals surface area contributed by atoms with E-state index in [1.54, 1.807) is 11.3 Å². The second-order valence-electron chi connectivity index (χ2n) is 5.77. The number of rotatable bonds is 5. The topological polar surface area (TPSA) is 48.1 Å². The number of nitrogens with zero attached hydrogens (tertiary/aromatic N) is 1. The smallest absolute Gasteiger partial charge is 0.119 e. The average Bonchev–Trinajstić information content (AvgIpc) is 2.76. The van der Waals surface area contributed by atoms with E-state index in [0.717, 1.165) is 22.9 Å². The van der Waals surface area contributed by atoms with E-state index in [9.17, 15) is 0 Å². The van der Waals surface area contributed by atoms with Crippen LogP contribution in [0.5, 0.6) is 5.75 Å². The highest BCUT2D eigenvalue weighted by Gasteiger charge is 2.17. The van der Waals surface area contributed by atoms with Gasteiger partial charge in [-0.1, -0.05) is 6.07 Å². The van der Waals surface area contributed by atoms with E-state index >= 15 is 0 Å². The average molecular weight is 290 g/mol. The number of hydrogen-bond donors (Lipinski definition) is 1. The minimum atomic E-state index is -0.372. The number of hydrogen-bond acceptors (Lipinski definition) is 4. The van der Waals surface area contributed by atoms with Crippen LogP contribution in [0.2, 0.25) is 0 Å². The molecule has 0 saturated heterocycles. The molecule has 1 heterocycles. The second kappa shape index (κ2) is 5.94. The molecule has 3 nitrogen and oxygen atoms in total. The van der Waals surface area contributed by atoms with Crippen molar-refractivity contribution in [1.29, 1.82) is 0 Å². The van der Waals surface area contributed by atoms with Crippen molar-refractivity contribution in [2.75, 3.05) is 6.61 Å². The lowest BCUT2D eigenvalue weighted by atomic mass is 10.0. The predicted molar refractivity (Wildman–Crippen MR) is 84.4 cm³/mol. The number of ether oxygens (including phenoxy) is 1. The molecule has 1 aromatic carbocycles. The highest BCUT2D eigenvalue weighted by Crippen LogP contribution is 2.21. The van der Waals surface area contributed by atoms with Gasteiger partial charge in [0.2, 0.25) is 0 Å². The molecule has 2 aromatic rings. The molecule has 0 aliphatic rings. The van der Waals surface area contributed by atoms with Crippen molar-refractivity contribution < 1.29 is 4.74 Å².